The van der Waals surface area contributed by atoms with Crippen molar-refractivity contribution in [3.8, 4) is 0 Å². The molecule has 3 rings (SSSR count). The minimum atomic E-state index is -0.934. The van der Waals surface area contributed by atoms with Gasteiger partial charge < -0.3 is 20.9 Å². The first kappa shape index (κ1) is 16.2. The molecule has 2 aliphatic rings. The van der Waals surface area contributed by atoms with Crippen LogP contribution in [-0.4, -0.2) is 47.4 Å². The van der Waals surface area contributed by atoms with Crippen molar-refractivity contribution in [1.29, 1.82) is 0 Å². The molecule has 4 amide bonds. The van der Waals surface area contributed by atoms with Crippen LogP contribution < -0.4 is 16.0 Å². The minimum absolute atomic E-state index is 0.201. The highest BCUT2D eigenvalue weighted by molar-refractivity contribution is 6.00. The number of nitrogens with zero attached hydrogens (tertiary/aromatic N) is 1. The number of piperazine rings is 1. The number of amides is 4. The monoisotopic (exact) mass is 334 g/mol. The summed E-state index contributed by atoms with van der Waals surface area (Å²) in [7, 11) is 0. The molecule has 24 heavy (non-hydrogen) atoms. The van der Waals surface area contributed by atoms with Crippen LogP contribution in [0.2, 0.25) is 0 Å². The summed E-state index contributed by atoms with van der Waals surface area (Å²) in [5.41, 5.74) is -0.435. The molecule has 0 bridgehead atoms. The Morgan fingerprint density at radius 3 is 2.50 bits per heavy atom. The predicted molar refractivity (Wildman–Crippen MR) is 84.7 cm³/mol. The molecule has 2 saturated heterocycles. The molecule has 3 N–H and O–H groups in total. The lowest BCUT2D eigenvalue weighted by atomic mass is 9.84. The van der Waals surface area contributed by atoms with E-state index in [-0.39, 0.29) is 23.7 Å². The summed E-state index contributed by atoms with van der Waals surface area (Å²) in [4.78, 5) is 37.9. The first-order valence-corrected chi connectivity index (χ1v) is 7.84. The number of anilines is 1. The van der Waals surface area contributed by atoms with Crippen LogP contribution in [0.15, 0.2) is 24.3 Å². The number of rotatable bonds is 1. The Bertz CT molecular complexity index is 668. The highest BCUT2D eigenvalue weighted by Crippen LogP contribution is 2.25. The van der Waals surface area contributed by atoms with E-state index in [1.54, 1.807) is 11.8 Å². The third-order valence-corrected chi connectivity index (χ3v) is 4.54. The first-order valence-electron chi connectivity index (χ1n) is 7.84. The number of likely N-dealkylation sites (tertiary alicyclic amines) is 1. The summed E-state index contributed by atoms with van der Waals surface area (Å²) < 4.78 is 12.9. The zero-order valence-electron chi connectivity index (χ0n) is 13.3. The van der Waals surface area contributed by atoms with Crippen LogP contribution in [-0.2, 0) is 9.59 Å². The molecule has 2 fully saturated rings. The molecule has 1 spiro atoms. The summed E-state index contributed by atoms with van der Waals surface area (Å²) in [6.07, 6.45) is 0.711. The summed E-state index contributed by atoms with van der Waals surface area (Å²) in [6.45, 7) is 2.32. The zero-order valence-corrected chi connectivity index (χ0v) is 13.3. The van der Waals surface area contributed by atoms with Crippen molar-refractivity contribution in [3.63, 3.8) is 0 Å². The van der Waals surface area contributed by atoms with E-state index in [9.17, 15) is 18.8 Å². The van der Waals surface area contributed by atoms with Gasteiger partial charge in [-0.05, 0) is 44.0 Å². The van der Waals surface area contributed by atoms with Crippen LogP contribution in [0.25, 0.3) is 0 Å². The molecule has 128 valence electrons. The average molecular weight is 334 g/mol. The second-order valence-corrected chi connectivity index (χ2v) is 6.19. The third kappa shape index (κ3) is 3.04. The van der Waals surface area contributed by atoms with Crippen LogP contribution in [0.1, 0.15) is 19.8 Å². The Hall–Kier alpha value is -2.64. The summed E-state index contributed by atoms with van der Waals surface area (Å²) in [5.74, 6) is -0.784. The van der Waals surface area contributed by atoms with Gasteiger partial charge in [0.1, 0.15) is 17.4 Å². The van der Waals surface area contributed by atoms with Crippen LogP contribution in [0.5, 0.6) is 0 Å². The van der Waals surface area contributed by atoms with Crippen LogP contribution in [0.3, 0.4) is 0 Å². The lowest BCUT2D eigenvalue weighted by Crippen LogP contribution is -2.71. The second kappa shape index (κ2) is 6.10. The highest BCUT2D eigenvalue weighted by atomic mass is 19.1. The maximum atomic E-state index is 12.9. The fourth-order valence-electron chi connectivity index (χ4n) is 2.98. The number of piperidine rings is 1. The van der Waals surface area contributed by atoms with Gasteiger partial charge in [0.2, 0.25) is 11.8 Å². The van der Waals surface area contributed by atoms with Gasteiger partial charge in [-0.25, -0.2) is 9.18 Å². The van der Waals surface area contributed by atoms with Crippen molar-refractivity contribution in [2.75, 3.05) is 18.4 Å². The Morgan fingerprint density at radius 1 is 1.25 bits per heavy atom. The molecular formula is C16H19FN4O3. The quantitative estimate of drug-likeness (QED) is 0.710. The van der Waals surface area contributed by atoms with Crippen molar-refractivity contribution in [2.45, 2.75) is 31.3 Å². The van der Waals surface area contributed by atoms with Crippen LogP contribution >= 0.6 is 0 Å². The van der Waals surface area contributed by atoms with Gasteiger partial charge in [0, 0.05) is 18.8 Å². The van der Waals surface area contributed by atoms with Gasteiger partial charge in [-0.3, -0.25) is 9.59 Å². The molecule has 1 aromatic rings. The SMILES string of the molecule is CC1NC(=O)C2(CCN(C(=O)Nc3ccc(F)cc3)CC2)NC1=O. The summed E-state index contributed by atoms with van der Waals surface area (Å²) in [6, 6.07) is 4.65. The maximum absolute atomic E-state index is 12.9. The fourth-order valence-corrected chi connectivity index (χ4v) is 2.98. The van der Waals surface area contributed by atoms with Crippen LogP contribution in [0, 0.1) is 5.82 Å². The van der Waals surface area contributed by atoms with Crippen molar-refractivity contribution in [3.05, 3.63) is 30.1 Å². The largest absolute Gasteiger partial charge is 0.343 e. The topological polar surface area (TPSA) is 90.5 Å². The Balaban J connectivity index is 1.60. The van der Waals surface area contributed by atoms with E-state index in [4.69, 9.17) is 0 Å². The number of carbonyl (C=O) groups is 3. The normalized spacial score (nSPS) is 22.8. The molecule has 7 nitrogen and oxygen atoms in total. The summed E-state index contributed by atoms with van der Waals surface area (Å²) >= 11 is 0. The number of urea groups is 1. The molecule has 0 radical (unpaired) electrons. The number of hydrogen-bond donors (Lipinski definition) is 3. The van der Waals surface area contributed by atoms with Gasteiger partial charge in [-0.2, -0.15) is 0 Å². The summed E-state index contributed by atoms with van der Waals surface area (Å²) in [5, 5.41) is 8.16. The maximum Gasteiger partial charge on any atom is 0.321 e. The van der Waals surface area contributed by atoms with E-state index in [1.165, 1.54) is 24.3 Å². The molecule has 0 saturated carbocycles. The fraction of sp³-hybridized carbons (Fsp3) is 0.438. The van der Waals surface area contributed by atoms with Gasteiger partial charge in [0.25, 0.3) is 0 Å². The van der Waals surface area contributed by atoms with E-state index >= 15 is 0 Å². The van der Waals surface area contributed by atoms with Gasteiger partial charge in [0.05, 0.1) is 0 Å². The number of benzene rings is 1. The molecule has 0 aromatic heterocycles. The molecular weight excluding hydrogens is 315 g/mol. The second-order valence-electron chi connectivity index (χ2n) is 6.19. The van der Waals surface area contributed by atoms with Gasteiger partial charge in [-0.15, -0.1) is 0 Å². The lowest BCUT2D eigenvalue weighted by Gasteiger charge is -2.44. The van der Waals surface area contributed by atoms with E-state index in [1.807, 2.05) is 0 Å². The Kier molecular flexibility index (Phi) is 4.13. The van der Waals surface area contributed by atoms with Crippen molar-refractivity contribution < 1.29 is 18.8 Å². The number of halogens is 1. The van der Waals surface area contributed by atoms with Gasteiger partial charge >= 0.3 is 6.03 Å². The Labute approximate surface area is 138 Å². The molecule has 1 aromatic carbocycles. The van der Waals surface area contributed by atoms with Crippen molar-refractivity contribution in [1.82, 2.24) is 15.5 Å². The molecule has 1 atom stereocenters. The Morgan fingerprint density at radius 2 is 1.88 bits per heavy atom. The molecule has 8 heteroatoms. The first-order chi connectivity index (χ1) is 11.4. The number of nitrogens with one attached hydrogen (secondary N) is 3. The van der Waals surface area contributed by atoms with Gasteiger partial charge in [0.15, 0.2) is 0 Å². The van der Waals surface area contributed by atoms with E-state index in [0.29, 0.717) is 31.6 Å². The van der Waals surface area contributed by atoms with E-state index in [0.717, 1.165) is 0 Å². The number of carbonyl (C=O) groups excluding carboxylic acids is 3. The minimum Gasteiger partial charge on any atom is -0.343 e. The highest BCUT2D eigenvalue weighted by Gasteiger charge is 2.47. The molecule has 2 heterocycles. The van der Waals surface area contributed by atoms with E-state index < -0.39 is 11.6 Å². The van der Waals surface area contributed by atoms with Crippen LogP contribution in [0.4, 0.5) is 14.9 Å². The predicted octanol–water partition coefficient (Wildman–Crippen LogP) is 0.827. The average Bonchev–Trinajstić information content (AvgIpc) is 2.56. The van der Waals surface area contributed by atoms with E-state index in [2.05, 4.69) is 16.0 Å². The standard InChI is InChI=1S/C16H19FN4O3/c1-10-13(22)20-16(14(23)18-10)6-8-21(9-7-16)15(24)19-12-4-2-11(17)3-5-12/h2-5,10H,6-9H2,1H3,(H,18,23)(H,19,24)(H,20,22). The molecule has 0 aliphatic carbocycles. The van der Waals surface area contributed by atoms with Crippen molar-refractivity contribution in [2.24, 2.45) is 0 Å². The smallest absolute Gasteiger partial charge is 0.321 e. The van der Waals surface area contributed by atoms with Gasteiger partial charge in [-0.1, -0.05) is 0 Å². The molecule has 1 unspecified atom stereocenters. The molecule has 2 aliphatic heterocycles. The third-order valence-electron chi connectivity index (χ3n) is 4.54. The van der Waals surface area contributed by atoms with Crippen molar-refractivity contribution >= 4 is 23.5 Å². The zero-order chi connectivity index (χ0) is 17.3. The number of hydrogen-bond acceptors (Lipinski definition) is 3. The lowest BCUT2D eigenvalue weighted by molar-refractivity contribution is -0.143.